The Labute approximate surface area is 107 Å². The molecule has 0 saturated carbocycles. The Kier molecular flexibility index (Phi) is 3.15. The molecular weight excluding hydrogens is 321 g/mol. The lowest BCUT2D eigenvalue weighted by atomic mass is 10.1. The van der Waals surface area contributed by atoms with Gasteiger partial charge in [0.05, 0.1) is 16.3 Å². The maximum absolute atomic E-state index is 11.5. The normalized spacial score (nSPS) is 23.1. The average Bonchev–Trinajstić information content (AvgIpc) is 2.33. The minimum Gasteiger partial charge on any atom is -0.465 e. The number of ether oxygens (including phenoxy) is 1. The molecule has 16 heavy (non-hydrogen) atoms. The molecule has 0 aromatic heterocycles. The lowest BCUT2D eigenvalue weighted by Gasteiger charge is -2.32. The van der Waals surface area contributed by atoms with E-state index < -0.39 is 12.2 Å². The number of aliphatic hydroxyl groups excluding tert-OH is 1. The third-order valence-corrected chi connectivity index (χ3v) is 3.51. The van der Waals surface area contributed by atoms with Crippen LogP contribution in [0.5, 0.6) is 0 Å². The number of rotatable bonds is 1. The molecule has 0 bridgehead atoms. The highest BCUT2D eigenvalue weighted by molar-refractivity contribution is 14.1. The van der Waals surface area contributed by atoms with Crippen molar-refractivity contribution in [3.05, 3.63) is 45.4 Å². The van der Waals surface area contributed by atoms with E-state index in [1.54, 1.807) is 17.2 Å². The van der Waals surface area contributed by atoms with Crippen LogP contribution in [0.15, 0.2) is 45.4 Å². The zero-order chi connectivity index (χ0) is 11.7. The number of hydrogen-bond donors (Lipinski definition) is 1. The number of allylic oxidation sites excluding steroid dienone is 3. The van der Waals surface area contributed by atoms with Crippen LogP contribution in [0.3, 0.4) is 0 Å². The fourth-order valence-electron chi connectivity index (χ4n) is 1.56. The fourth-order valence-corrected chi connectivity index (χ4v) is 2.23. The average molecular weight is 331 g/mol. The summed E-state index contributed by atoms with van der Waals surface area (Å²) in [7, 11) is 1.33. The van der Waals surface area contributed by atoms with Crippen LogP contribution in [0.25, 0.3) is 0 Å². The number of halogens is 1. The smallest absolute Gasteiger partial charge is 0.338 e. The summed E-state index contributed by atoms with van der Waals surface area (Å²) in [5, 5.41) is 10.0. The van der Waals surface area contributed by atoms with Crippen molar-refractivity contribution >= 4 is 28.6 Å². The van der Waals surface area contributed by atoms with E-state index >= 15 is 0 Å². The van der Waals surface area contributed by atoms with E-state index in [1.807, 2.05) is 40.8 Å². The molecule has 0 radical (unpaired) electrons. The maximum Gasteiger partial charge on any atom is 0.338 e. The van der Waals surface area contributed by atoms with Crippen molar-refractivity contribution in [1.29, 1.82) is 0 Å². The van der Waals surface area contributed by atoms with Crippen LogP contribution in [0.2, 0.25) is 0 Å². The maximum atomic E-state index is 11.5. The predicted octanol–water partition coefficient (Wildman–Crippen LogP) is 1.45. The monoisotopic (exact) mass is 331 g/mol. The van der Waals surface area contributed by atoms with Crippen LogP contribution < -0.4 is 0 Å². The summed E-state index contributed by atoms with van der Waals surface area (Å²) in [6.45, 7) is 0. The van der Waals surface area contributed by atoms with E-state index in [0.717, 1.165) is 5.70 Å². The Bertz CT molecular complexity index is 448. The molecule has 2 aliphatic heterocycles. The van der Waals surface area contributed by atoms with Gasteiger partial charge < -0.3 is 14.7 Å². The van der Waals surface area contributed by atoms with Gasteiger partial charge in [-0.15, -0.1) is 0 Å². The molecular formula is C11H10INO3. The van der Waals surface area contributed by atoms with E-state index in [4.69, 9.17) is 0 Å². The van der Waals surface area contributed by atoms with E-state index in [0.29, 0.717) is 9.15 Å². The first-order valence-corrected chi connectivity index (χ1v) is 5.74. The molecule has 1 N–H and O–H groups in total. The number of carbonyl (C=O) groups excluding carboxylic acids is 1. The number of nitrogens with zero attached hydrogens (tertiary/aromatic N) is 1. The van der Waals surface area contributed by atoms with E-state index in [1.165, 1.54) is 7.11 Å². The predicted molar refractivity (Wildman–Crippen MR) is 67.3 cm³/mol. The Morgan fingerprint density at radius 2 is 2.31 bits per heavy atom. The summed E-state index contributed by atoms with van der Waals surface area (Å²) >= 11 is 1.96. The van der Waals surface area contributed by atoms with Crippen LogP contribution in [0, 0.1) is 0 Å². The van der Waals surface area contributed by atoms with Crippen molar-refractivity contribution in [2.45, 2.75) is 6.23 Å². The van der Waals surface area contributed by atoms with Crippen LogP contribution in [-0.2, 0) is 9.53 Å². The zero-order valence-electron chi connectivity index (χ0n) is 8.55. The first kappa shape index (κ1) is 11.4. The van der Waals surface area contributed by atoms with Gasteiger partial charge in [-0.3, -0.25) is 0 Å². The van der Waals surface area contributed by atoms with Gasteiger partial charge in [-0.25, -0.2) is 4.79 Å². The van der Waals surface area contributed by atoms with Gasteiger partial charge in [0.25, 0.3) is 0 Å². The van der Waals surface area contributed by atoms with Crippen molar-refractivity contribution in [3.8, 4) is 0 Å². The summed E-state index contributed by atoms with van der Waals surface area (Å²) in [5.41, 5.74) is 1.18. The second-order valence-electron chi connectivity index (χ2n) is 3.30. The van der Waals surface area contributed by atoms with E-state index in [-0.39, 0.29) is 0 Å². The van der Waals surface area contributed by atoms with Crippen molar-refractivity contribution in [2.24, 2.45) is 0 Å². The van der Waals surface area contributed by atoms with Gasteiger partial charge in [0.2, 0.25) is 0 Å². The first-order valence-electron chi connectivity index (χ1n) is 4.66. The Balaban J connectivity index is 2.44. The number of aliphatic hydroxyl groups is 1. The molecule has 0 saturated heterocycles. The molecule has 2 rings (SSSR count). The van der Waals surface area contributed by atoms with Crippen LogP contribution in [0.1, 0.15) is 0 Å². The van der Waals surface area contributed by atoms with Gasteiger partial charge in [0.15, 0.2) is 6.23 Å². The SMILES string of the molecule is COC(=O)C1=C(I)C(O)N2C=CC=CC2=C1. The molecule has 1 unspecified atom stereocenters. The molecule has 84 valence electrons. The quantitative estimate of drug-likeness (QED) is 0.584. The third kappa shape index (κ3) is 1.80. The van der Waals surface area contributed by atoms with Gasteiger partial charge in [-0.1, -0.05) is 6.08 Å². The summed E-state index contributed by atoms with van der Waals surface area (Å²) in [5.74, 6) is -0.432. The van der Waals surface area contributed by atoms with Crippen molar-refractivity contribution in [1.82, 2.24) is 4.90 Å². The number of methoxy groups -OCH3 is 1. The van der Waals surface area contributed by atoms with E-state index in [9.17, 15) is 9.90 Å². The van der Waals surface area contributed by atoms with Gasteiger partial charge >= 0.3 is 5.97 Å². The molecule has 0 aromatic rings. The molecule has 0 spiro atoms. The largest absolute Gasteiger partial charge is 0.465 e. The number of hydrogen-bond acceptors (Lipinski definition) is 4. The lowest BCUT2D eigenvalue weighted by Crippen LogP contribution is -2.34. The second kappa shape index (κ2) is 4.42. The standard InChI is InChI=1S/C11H10INO3/c1-16-11(15)8-6-7-4-2-3-5-13(7)10(14)9(8)12/h2-6,10,14H,1H3. The van der Waals surface area contributed by atoms with Crippen molar-refractivity contribution in [3.63, 3.8) is 0 Å². The minimum atomic E-state index is -0.823. The highest BCUT2D eigenvalue weighted by atomic mass is 127. The highest BCUT2D eigenvalue weighted by Gasteiger charge is 2.29. The number of carbonyl (C=O) groups is 1. The molecule has 0 fully saturated rings. The van der Waals surface area contributed by atoms with Gasteiger partial charge in [-0.2, -0.15) is 0 Å². The van der Waals surface area contributed by atoms with Gasteiger partial charge in [0.1, 0.15) is 0 Å². The fraction of sp³-hybridized carbons (Fsp3) is 0.182. The Morgan fingerprint density at radius 1 is 1.56 bits per heavy atom. The molecule has 0 amide bonds. The van der Waals surface area contributed by atoms with Crippen LogP contribution in [0.4, 0.5) is 0 Å². The molecule has 4 nitrogen and oxygen atoms in total. The molecule has 2 heterocycles. The molecule has 2 aliphatic rings. The number of esters is 1. The summed E-state index contributed by atoms with van der Waals surface area (Å²) in [6, 6.07) is 0. The molecule has 1 atom stereocenters. The first-order chi connectivity index (χ1) is 7.65. The summed E-state index contributed by atoms with van der Waals surface area (Å²) in [4.78, 5) is 13.2. The molecule has 0 aliphatic carbocycles. The number of fused-ring (bicyclic) bond motifs is 1. The molecule has 5 heteroatoms. The topological polar surface area (TPSA) is 49.8 Å². The Morgan fingerprint density at radius 3 is 3.00 bits per heavy atom. The zero-order valence-corrected chi connectivity index (χ0v) is 10.7. The van der Waals surface area contributed by atoms with E-state index in [2.05, 4.69) is 4.74 Å². The van der Waals surface area contributed by atoms with Crippen molar-refractivity contribution in [2.75, 3.05) is 7.11 Å². The van der Waals surface area contributed by atoms with Gasteiger partial charge in [0, 0.05) is 11.9 Å². The van der Waals surface area contributed by atoms with Crippen molar-refractivity contribution < 1.29 is 14.6 Å². The van der Waals surface area contributed by atoms with Gasteiger partial charge in [-0.05, 0) is 40.8 Å². The minimum absolute atomic E-state index is 0.404. The molecule has 0 aromatic carbocycles. The Hall–Kier alpha value is -1.08. The third-order valence-electron chi connectivity index (χ3n) is 2.37. The summed E-state index contributed by atoms with van der Waals surface area (Å²) in [6.07, 6.45) is 8.16. The summed E-state index contributed by atoms with van der Waals surface area (Å²) < 4.78 is 5.23. The highest BCUT2D eigenvalue weighted by Crippen LogP contribution is 2.32. The van der Waals surface area contributed by atoms with Crippen LogP contribution >= 0.6 is 22.6 Å². The van der Waals surface area contributed by atoms with Crippen LogP contribution in [-0.4, -0.2) is 29.3 Å². The second-order valence-corrected chi connectivity index (χ2v) is 4.47. The lowest BCUT2D eigenvalue weighted by molar-refractivity contribution is -0.135.